The molecule has 4 aliphatic rings. The molecule has 3 saturated heterocycles. The van der Waals surface area contributed by atoms with Gasteiger partial charge in [-0.25, -0.2) is 9.97 Å². The predicted octanol–water partition coefficient (Wildman–Crippen LogP) is 4.54. The van der Waals surface area contributed by atoms with E-state index in [2.05, 4.69) is 62.5 Å². The second kappa shape index (κ2) is 14.5. The van der Waals surface area contributed by atoms with Crippen LogP contribution in [-0.2, 0) is 11.2 Å². The quantitative estimate of drug-likeness (QED) is 0.281. The van der Waals surface area contributed by atoms with Crippen molar-refractivity contribution in [2.45, 2.75) is 64.0 Å². The van der Waals surface area contributed by atoms with E-state index in [0.717, 1.165) is 77.2 Å². The van der Waals surface area contributed by atoms with Crippen LogP contribution in [0, 0.1) is 5.41 Å². The summed E-state index contributed by atoms with van der Waals surface area (Å²) in [7, 11) is 3.81. The molecule has 5 heterocycles. The van der Waals surface area contributed by atoms with E-state index in [9.17, 15) is 4.79 Å². The van der Waals surface area contributed by atoms with Gasteiger partial charge >= 0.3 is 0 Å². The van der Waals surface area contributed by atoms with Crippen LogP contribution in [-0.4, -0.2) is 109 Å². The maximum atomic E-state index is 12.9. The summed E-state index contributed by atoms with van der Waals surface area (Å²) in [6.45, 7) is 10.7. The average Bonchev–Trinajstić information content (AvgIpc) is 3.11. The van der Waals surface area contributed by atoms with Crippen molar-refractivity contribution in [1.29, 1.82) is 0 Å². The lowest BCUT2D eigenvalue weighted by molar-refractivity contribution is -0.131. The van der Waals surface area contributed by atoms with Gasteiger partial charge in [0.05, 0.1) is 20.3 Å². The summed E-state index contributed by atoms with van der Waals surface area (Å²) in [5.41, 5.74) is 10.6. The number of piperazine rings is 1. The number of primary amides is 1. The highest BCUT2D eigenvalue weighted by atomic mass is 16.5. The Morgan fingerprint density at radius 1 is 1.00 bits per heavy atom. The number of rotatable bonds is 10. The van der Waals surface area contributed by atoms with Crippen molar-refractivity contribution in [3.05, 3.63) is 47.8 Å². The third kappa shape index (κ3) is 7.18. The summed E-state index contributed by atoms with van der Waals surface area (Å²) < 4.78 is 11.2. The van der Waals surface area contributed by atoms with Crippen LogP contribution in [0.2, 0.25) is 0 Å². The molecule has 7 rings (SSSR count). The molecular weight excluding hydrogens is 618 g/mol. The molecule has 1 aliphatic carbocycles. The molecule has 1 aromatic carbocycles. The summed E-state index contributed by atoms with van der Waals surface area (Å²) in [4.78, 5) is 34.9. The Labute approximate surface area is 289 Å². The minimum Gasteiger partial charge on any atom is -0.494 e. The molecule has 49 heavy (non-hydrogen) atoms. The second-order valence-electron chi connectivity index (χ2n) is 14.3. The van der Waals surface area contributed by atoms with E-state index in [-0.39, 0.29) is 11.7 Å². The van der Waals surface area contributed by atoms with Crippen LogP contribution in [0.3, 0.4) is 0 Å². The third-order valence-electron chi connectivity index (χ3n) is 11.1. The first-order chi connectivity index (χ1) is 23.8. The Kier molecular flexibility index (Phi) is 9.89. The topological polar surface area (TPSA) is 134 Å². The molecular formula is C37H51N9O3. The first-order valence-electron chi connectivity index (χ1n) is 18.0. The number of anilines is 4. The van der Waals surface area contributed by atoms with E-state index in [0.29, 0.717) is 40.2 Å². The maximum absolute atomic E-state index is 12.9. The Morgan fingerprint density at radius 2 is 1.76 bits per heavy atom. The number of nitrogens with one attached hydrogen (secondary N) is 2. The van der Waals surface area contributed by atoms with Crippen LogP contribution >= 0.6 is 0 Å². The summed E-state index contributed by atoms with van der Waals surface area (Å²) in [6.07, 6.45) is 9.14. The van der Waals surface area contributed by atoms with Crippen LogP contribution in [0.1, 0.15) is 61.5 Å². The van der Waals surface area contributed by atoms with Crippen molar-refractivity contribution in [3.63, 3.8) is 0 Å². The molecule has 3 aromatic rings. The van der Waals surface area contributed by atoms with E-state index in [1.165, 1.54) is 37.2 Å². The molecule has 1 saturated carbocycles. The van der Waals surface area contributed by atoms with Gasteiger partial charge in [0.15, 0.2) is 17.3 Å². The first kappa shape index (κ1) is 33.5. The summed E-state index contributed by atoms with van der Waals surface area (Å²) in [5, 5.41) is 7.08. The summed E-state index contributed by atoms with van der Waals surface area (Å²) in [5.74, 6) is 0.737. The number of hydrogen-bond donors (Lipinski definition) is 3. The Morgan fingerprint density at radius 3 is 2.41 bits per heavy atom. The number of pyridine rings is 1. The van der Waals surface area contributed by atoms with Gasteiger partial charge in [-0.1, -0.05) is 6.92 Å². The van der Waals surface area contributed by atoms with Crippen LogP contribution < -0.4 is 26.0 Å². The lowest BCUT2D eigenvalue weighted by Gasteiger charge is -2.46. The molecule has 2 aromatic heterocycles. The van der Waals surface area contributed by atoms with E-state index in [1.54, 1.807) is 19.4 Å². The molecule has 3 aliphatic heterocycles. The molecule has 1 spiro atoms. The van der Waals surface area contributed by atoms with Crippen molar-refractivity contribution < 1.29 is 14.3 Å². The fourth-order valence-electron chi connectivity index (χ4n) is 7.99. The van der Waals surface area contributed by atoms with E-state index < -0.39 is 5.91 Å². The Bertz CT molecular complexity index is 1620. The molecule has 0 bridgehead atoms. The number of amides is 1. The Hall–Kier alpha value is -4.00. The average molecular weight is 670 g/mol. The maximum Gasteiger partial charge on any atom is 0.271 e. The number of hydrogen-bond acceptors (Lipinski definition) is 11. The zero-order valence-corrected chi connectivity index (χ0v) is 29.2. The largest absolute Gasteiger partial charge is 0.494 e. The van der Waals surface area contributed by atoms with E-state index in [1.807, 2.05) is 6.07 Å². The van der Waals surface area contributed by atoms with Crippen molar-refractivity contribution in [2.24, 2.45) is 11.1 Å². The summed E-state index contributed by atoms with van der Waals surface area (Å²) >= 11 is 0. The van der Waals surface area contributed by atoms with Crippen LogP contribution in [0.25, 0.3) is 11.4 Å². The molecule has 4 fully saturated rings. The number of likely N-dealkylation sites (N-methyl/N-ethyl adjacent to an activating group) is 1. The van der Waals surface area contributed by atoms with Crippen LogP contribution in [0.5, 0.6) is 5.75 Å². The second-order valence-corrected chi connectivity index (χ2v) is 14.3. The monoisotopic (exact) mass is 669 g/mol. The zero-order valence-electron chi connectivity index (χ0n) is 29.2. The minimum atomic E-state index is -0.669. The normalized spacial score (nSPS) is 20.6. The minimum absolute atomic E-state index is 0.0515. The van der Waals surface area contributed by atoms with Gasteiger partial charge in [-0.3, -0.25) is 14.7 Å². The number of benzene rings is 1. The SMILES string of the molecule is CCc1cc(Nc2nc(NC3CCC4(CC3)COC4)c(-c3ncccc3OC)nc2C(N)=O)ccc1N1CCC(N2CCN(C)CC2)CC1. The third-order valence-corrected chi connectivity index (χ3v) is 11.1. The van der Waals surface area contributed by atoms with Gasteiger partial charge in [0.2, 0.25) is 0 Å². The summed E-state index contributed by atoms with van der Waals surface area (Å²) in [6, 6.07) is 10.9. The molecule has 0 radical (unpaired) electrons. The number of piperidine rings is 1. The van der Waals surface area contributed by atoms with Gasteiger partial charge in [-0.15, -0.1) is 0 Å². The molecule has 0 atom stereocenters. The van der Waals surface area contributed by atoms with Crippen LogP contribution in [0.4, 0.5) is 23.0 Å². The highest BCUT2D eigenvalue weighted by Gasteiger charge is 2.42. The van der Waals surface area contributed by atoms with Crippen molar-refractivity contribution in [2.75, 3.05) is 82.2 Å². The number of nitrogens with two attached hydrogens (primary N) is 1. The molecule has 12 heteroatoms. The Balaban J connectivity index is 1.14. The molecule has 0 unspecified atom stereocenters. The fraction of sp³-hybridized carbons (Fsp3) is 0.568. The number of carbonyl (C=O) groups is 1. The molecule has 12 nitrogen and oxygen atoms in total. The number of methoxy groups -OCH3 is 1. The van der Waals surface area contributed by atoms with Gasteiger partial charge in [-0.05, 0) is 87.9 Å². The van der Waals surface area contributed by atoms with Crippen molar-refractivity contribution in [3.8, 4) is 17.1 Å². The van der Waals surface area contributed by atoms with E-state index >= 15 is 0 Å². The van der Waals surface area contributed by atoms with E-state index in [4.69, 9.17) is 25.2 Å². The predicted molar refractivity (Wildman–Crippen MR) is 193 cm³/mol. The standard InChI is InChI=1S/C37H51N9O3/c1-4-25-22-27(7-8-29(25)46-16-11-28(12-17-46)45-20-18-44(2)19-21-45)41-36-33(34(38)47)42-32(31-30(48-3)6-5-15-39-31)35(43-36)40-26-9-13-37(14-10-26)23-49-24-37/h5-8,15,22,26,28H,4,9-14,16-21,23-24H2,1-3H3,(H2,38,47)(H2,40,41,43). The lowest BCUT2D eigenvalue weighted by atomic mass is 9.71. The van der Waals surface area contributed by atoms with Crippen molar-refractivity contribution >= 4 is 28.9 Å². The number of aromatic nitrogens is 3. The smallest absolute Gasteiger partial charge is 0.271 e. The van der Waals surface area contributed by atoms with Gasteiger partial charge in [0.1, 0.15) is 17.1 Å². The van der Waals surface area contributed by atoms with Crippen molar-refractivity contribution in [1.82, 2.24) is 24.8 Å². The molecule has 262 valence electrons. The number of carbonyl (C=O) groups excluding carboxylic acids is 1. The van der Waals surface area contributed by atoms with Gasteiger partial charge < -0.3 is 35.6 Å². The zero-order chi connectivity index (χ0) is 34.0. The highest BCUT2D eigenvalue weighted by Crippen LogP contribution is 2.43. The van der Waals surface area contributed by atoms with Gasteiger partial charge in [0.25, 0.3) is 5.91 Å². The number of aryl methyl sites for hydroxylation is 1. The molecule has 4 N–H and O–H groups in total. The van der Waals surface area contributed by atoms with Crippen LogP contribution in [0.15, 0.2) is 36.5 Å². The lowest BCUT2D eigenvalue weighted by Crippen LogP contribution is -2.52. The fourth-order valence-corrected chi connectivity index (χ4v) is 7.99. The number of ether oxygens (including phenoxy) is 2. The van der Waals surface area contributed by atoms with Gasteiger partial charge in [0, 0.05) is 74.3 Å². The molecule has 1 amide bonds. The van der Waals surface area contributed by atoms with Gasteiger partial charge in [-0.2, -0.15) is 0 Å². The number of nitrogens with zero attached hydrogens (tertiary/aromatic N) is 6. The highest BCUT2D eigenvalue weighted by molar-refractivity contribution is 5.97. The first-order valence-corrected chi connectivity index (χ1v) is 18.0.